The fourth-order valence-corrected chi connectivity index (χ4v) is 3.70. The molecule has 2 fully saturated rings. The van der Waals surface area contributed by atoms with Crippen molar-refractivity contribution in [2.45, 2.75) is 63.9 Å². The van der Waals surface area contributed by atoms with Gasteiger partial charge in [0.25, 0.3) is 0 Å². The molecule has 0 amide bonds. The van der Waals surface area contributed by atoms with Crippen molar-refractivity contribution in [3.8, 4) is 5.75 Å². The molecule has 0 radical (unpaired) electrons. The zero-order chi connectivity index (χ0) is 16.8. The summed E-state index contributed by atoms with van der Waals surface area (Å²) < 4.78 is 11.1. The van der Waals surface area contributed by atoms with Crippen molar-refractivity contribution >= 4 is 11.9 Å². The molecule has 2 aliphatic carbocycles. The van der Waals surface area contributed by atoms with Crippen LogP contribution in [0.5, 0.6) is 5.75 Å². The smallest absolute Gasteiger partial charge is 0.314 e. The van der Waals surface area contributed by atoms with Crippen LogP contribution in [-0.4, -0.2) is 18.0 Å². The van der Waals surface area contributed by atoms with Crippen LogP contribution < -0.4 is 4.74 Å². The predicted molar refractivity (Wildman–Crippen MR) is 90.5 cm³/mol. The fraction of sp³-hybridized carbons (Fsp3) is 0.600. The first kappa shape index (κ1) is 17.0. The second-order valence-corrected chi connectivity index (χ2v) is 6.98. The highest BCUT2D eigenvalue weighted by Gasteiger charge is 2.31. The van der Waals surface area contributed by atoms with E-state index in [0.717, 1.165) is 51.4 Å². The molecule has 3 rings (SSSR count). The van der Waals surface area contributed by atoms with Crippen LogP contribution in [0.2, 0.25) is 0 Å². The van der Waals surface area contributed by atoms with E-state index in [0.29, 0.717) is 5.75 Å². The Bertz CT molecular complexity index is 540. The predicted octanol–water partition coefficient (Wildman–Crippen LogP) is 4.27. The molecule has 0 saturated heterocycles. The molecule has 0 bridgehead atoms. The number of ether oxygens (including phenoxy) is 2. The minimum absolute atomic E-state index is 0.0231. The van der Waals surface area contributed by atoms with Crippen molar-refractivity contribution < 1.29 is 19.1 Å². The SMILES string of the molecule is O=C(Oc1ccccc1)C1CCC(OC(=O)C2CCCCC2)CC1. The molecule has 2 aliphatic rings. The number of para-hydroxylation sites is 1. The number of carbonyl (C=O) groups is 2. The molecule has 0 atom stereocenters. The molecule has 2 saturated carbocycles. The number of esters is 2. The molecular formula is C20H26O4. The lowest BCUT2D eigenvalue weighted by molar-refractivity contribution is -0.157. The van der Waals surface area contributed by atoms with Crippen LogP contribution in [0.15, 0.2) is 30.3 Å². The Balaban J connectivity index is 1.42. The molecule has 0 aliphatic heterocycles. The lowest BCUT2D eigenvalue weighted by Crippen LogP contribution is -2.32. The van der Waals surface area contributed by atoms with Crippen LogP contribution in [-0.2, 0) is 14.3 Å². The summed E-state index contributed by atoms with van der Waals surface area (Å²) in [5.41, 5.74) is 0. The molecule has 0 heterocycles. The van der Waals surface area contributed by atoms with Crippen molar-refractivity contribution in [3.05, 3.63) is 30.3 Å². The summed E-state index contributed by atoms with van der Waals surface area (Å²) in [7, 11) is 0. The van der Waals surface area contributed by atoms with Gasteiger partial charge in [0, 0.05) is 0 Å². The maximum atomic E-state index is 12.2. The van der Waals surface area contributed by atoms with Gasteiger partial charge in [0.1, 0.15) is 11.9 Å². The fourth-order valence-electron chi connectivity index (χ4n) is 3.70. The Morgan fingerprint density at radius 3 is 2.04 bits per heavy atom. The zero-order valence-corrected chi connectivity index (χ0v) is 14.1. The number of carbonyl (C=O) groups excluding carboxylic acids is 2. The zero-order valence-electron chi connectivity index (χ0n) is 14.1. The summed E-state index contributed by atoms with van der Waals surface area (Å²) in [5, 5.41) is 0. The third-order valence-electron chi connectivity index (χ3n) is 5.19. The van der Waals surface area contributed by atoms with E-state index in [1.54, 1.807) is 12.1 Å². The molecule has 130 valence electrons. The van der Waals surface area contributed by atoms with Gasteiger partial charge >= 0.3 is 11.9 Å². The largest absolute Gasteiger partial charge is 0.462 e. The second kappa shape index (κ2) is 8.32. The van der Waals surface area contributed by atoms with Crippen LogP contribution >= 0.6 is 0 Å². The van der Waals surface area contributed by atoms with Gasteiger partial charge in [0.05, 0.1) is 11.8 Å². The summed E-state index contributed by atoms with van der Waals surface area (Å²) in [6, 6.07) is 9.17. The van der Waals surface area contributed by atoms with E-state index in [9.17, 15) is 9.59 Å². The number of hydrogen-bond acceptors (Lipinski definition) is 4. The van der Waals surface area contributed by atoms with Gasteiger partial charge in [0.15, 0.2) is 0 Å². The highest BCUT2D eigenvalue weighted by atomic mass is 16.5. The minimum atomic E-state index is -0.168. The van der Waals surface area contributed by atoms with Crippen LogP contribution in [0.3, 0.4) is 0 Å². The molecule has 4 nitrogen and oxygen atoms in total. The third kappa shape index (κ3) is 4.59. The highest BCUT2D eigenvalue weighted by Crippen LogP contribution is 2.30. The van der Waals surface area contributed by atoms with E-state index < -0.39 is 0 Å². The Morgan fingerprint density at radius 1 is 0.750 bits per heavy atom. The average Bonchev–Trinajstić information content (AvgIpc) is 2.64. The van der Waals surface area contributed by atoms with Gasteiger partial charge in [-0.2, -0.15) is 0 Å². The van der Waals surface area contributed by atoms with Gasteiger partial charge in [-0.25, -0.2) is 0 Å². The van der Waals surface area contributed by atoms with E-state index in [4.69, 9.17) is 9.47 Å². The first-order valence-corrected chi connectivity index (χ1v) is 9.19. The minimum Gasteiger partial charge on any atom is -0.462 e. The van der Waals surface area contributed by atoms with Crippen LogP contribution in [0.25, 0.3) is 0 Å². The summed E-state index contributed by atoms with van der Waals surface area (Å²) in [4.78, 5) is 24.4. The van der Waals surface area contributed by atoms with Gasteiger partial charge in [-0.1, -0.05) is 37.5 Å². The Hall–Kier alpha value is -1.84. The number of benzene rings is 1. The van der Waals surface area contributed by atoms with Crippen molar-refractivity contribution in [2.75, 3.05) is 0 Å². The van der Waals surface area contributed by atoms with E-state index in [1.807, 2.05) is 18.2 Å². The molecular weight excluding hydrogens is 304 g/mol. The topological polar surface area (TPSA) is 52.6 Å². The lowest BCUT2D eigenvalue weighted by atomic mass is 9.86. The van der Waals surface area contributed by atoms with Gasteiger partial charge in [-0.15, -0.1) is 0 Å². The van der Waals surface area contributed by atoms with Gasteiger partial charge in [-0.05, 0) is 50.7 Å². The van der Waals surface area contributed by atoms with Gasteiger partial charge in [0.2, 0.25) is 0 Å². The Kier molecular flexibility index (Phi) is 5.89. The van der Waals surface area contributed by atoms with E-state index in [1.165, 1.54) is 6.42 Å². The van der Waals surface area contributed by atoms with Gasteiger partial charge < -0.3 is 9.47 Å². The molecule has 0 aromatic heterocycles. The van der Waals surface area contributed by atoms with Crippen molar-refractivity contribution in [1.82, 2.24) is 0 Å². The van der Waals surface area contributed by atoms with Crippen LogP contribution in [0, 0.1) is 11.8 Å². The van der Waals surface area contributed by atoms with Crippen molar-refractivity contribution in [2.24, 2.45) is 11.8 Å². The van der Waals surface area contributed by atoms with Crippen molar-refractivity contribution in [1.29, 1.82) is 0 Å². The third-order valence-corrected chi connectivity index (χ3v) is 5.19. The van der Waals surface area contributed by atoms with Crippen LogP contribution in [0.4, 0.5) is 0 Å². The van der Waals surface area contributed by atoms with Crippen LogP contribution in [0.1, 0.15) is 57.8 Å². The number of rotatable bonds is 4. The maximum Gasteiger partial charge on any atom is 0.314 e. The Labute approximate surface area is 143 Å². The lowest BCUT2D eigenvalue weighted by Gasteiger charge is -2.29. The second-order valence-electron chi connectivity index (χ2n) is 6.98. The molecule has 0 unspecified atom stereocenters. The first-order valence-electron chi connectivity index (χ1n) is 9.19. The van der Waals surface area contributed by atoms with E-state index >= 15 is 0 Å². The summed E-state index contributed by atoms with van der Waals surface area (Å²) >= 11 is 0. The maximum absolute atomic E-state index is 12.2. The molecule has 4 heteroatoms. The average molecular weight is 330 g/mol. The Morgan fingerprint density at radius 2 is 1.38 bits per heavy atom. The quantitative estimate of drug-likeness (QED) is 0.611. The summed E-state index contributed by atoms with van der Waals surface area (Å²) in [6.45, 7) is 0. The monoisotopic (exact) mass is 330 g/mol. The van der Waals surface area contributed by atoms with Crippen molar-refractivity contribution in [3.63, 3.8) is 0 Å². The number of hydrogen-bond donors (Lipinski definition) is 0. The van der Waals surface area contributed by atoms with E-state index in [2.05, 4.69) is 0 Å². The van der Waals surface area contributed by atoms with E-state index in [-0.39, 0.29) is 29.9 Å². The van der Waals surface area contributed by atoms with Gasteiger partial charge in [-0.3, -0.25) is 9.59 Å². The summed E-state index contributed by atoms with van der Waals surface area (Å²) in [6.07, 6.45) is 8.39. The molecule has 0 spiro atoms. The summed E-state index contributed by atoms with van der Waals surface area (Å²) in [5.74, 6) is 0.408. The molecule has 24 heavy (non-hydrogen) atoms. The first-order chi connectivity index (χ1) is 11.7. The molecule has 1 aromatic carbocycles. The standard InChI is InChI=1S/C20H26O4/c21-19(15-7-3-1-4-8-15)24-18-13-11-16(12-14-18)20(22)23-17-9-5-2-6-10-17/h2,5-6,9-10,15-16,18H,1,3-4,7-8,11-14H2. The molecule has 1 aromatic rings. The molecule has 0 N–H and O–H groups in total. The normalized spacial score (nSPS) is 25.0. The highest BCUT2D eigenvalue weighted by molar-refractivity contribution is 5.75.